The minimum Gasteiger partial charge on any atom is -0.508 e. The van der Waals surface area contributed by atoms with Crippen LogP contribution in [-0.2, 0) is 9.47 Å². The molecular weight excluding hydrogens is 477 g/mol. The van der Waals surface area contributed by atoms with Crippen molar-refractivity contribution >= 4 is 34.6 Å². The molecule has 2 aromatic carbocycles. The average molecular weight is 499 g/mol. The standard InChI is InChI=1S/C20H22INO6/c1-2-27-17(10-11-23)18(15-12-14(21)8-9-16(15)24)28-20(26)22-19(25)13-6-4-3-5-7-13/h3-9,12,17-18,23-24H,2,10-11H2,1H3,(H,22,25,26)/t17-,18-/m0/s1. The molecule has 0 saturated carbocycles. The molecule has 0 radical (unpaired) electrons. The van der Waals surface area contributed by atoms with E-state index in [2.05, 4.69) is 27.9 Å². The molecule has 0 bridgehead atoms. The molecule has 0 aliphatic carbocycles. The fourth-order valence-corrected chi connectivity index (χ4v) is 3.17. The molecule has 0 unspecified atom stereocenters. The fourth-order valence-electron chi connectivity index (χ4n) is 2.66. The number of aromatic hydroxyl groups is 1. The number of carbonyl (C=O) groups excluding carboxylic acids is 2. The lowest BCUT2D eigenvalue weighted by molar-refractivity contribution is -0.0516. The Balaban J connectivity index is 2.24. The number of phenols is 1. The molecular formula is C20H22INO6. The third-order valence-electron chi connectivity index (χ3n) is 3.91. The molecule has 2 atom stereocenters. The molecule has 3 N–H and O–H groups in total. The first kappa shape index (κ1) is 22.1. The van der Waals surface area contributed by atoms with Crippen LogP contribution in [-0.4, -0.2) is 41.5 Å². The lowest BCUT2D eigenvalue weighted by Crippen LogP contribution is -2.35. The zero-order valence-electron chi connectivity index (χ0n) is 15.3. The van der Waals surface area contributed by atoms with Gasteiger partial charge in [0.15, 0.2) is 6.10 Å². The summed E-state index contributed by atoms with van der Waals surface area (Å²) in [6.07, 6.45) is -2.50. The van der Waals surface area contributed by atoms with Crippen LogP contribution in [0, 0.1) is 3.57 Å². The highest BCUT2D eigenvalue weighted by Crippen LogP contribution is 2.33. The highest BCUT2D eigenvalue weighted by molar-refractivity contribution is 14.1. The average Bonchev–Trinajstić information content (AvgIpc) is 2.68. The monoisotopic (exact) mass is 499 g/mol. The molecule has 2 rings (SSSR count). The van der Waals surface area contributed by atoms with Gasteiger partial charge in [-0.05, 0) is 59.8 Å². The number of rotatable bonds is 8. The Morgan fingerprint density at radius 2 is 1.89 bits per heavy atom. The largest absolute Gasteiger partial charge is 0.508 e. The van der Waals surface area contributed by atoms with Gasteiger partial charge in [0.25, 0.3) is 5.91 Å². The molecule has 0 heterocycles. The molecule has 8 heteroatoms. The van der Waals surface area contributed by atoms with Crippen molar-refractivity contribution < 1.29 is 29.3 Å². The third-order valence-corrected chi connectivity index (χ3v) is 4.58. The SMILES string of the molecule is CCO[C@@H](CCO)[C@@H](OC(=O)NC(=O)c1ccccc1)c1cc(I)ccc1O. The van der Waals surface area contributed by atoms with Crippen LogP contribution in [0.25, 0.3) is 0 Å². The maximum absolute atomic E-state index is 12.4. The molecule has 28 heavy (non-hydrogen) atoms. The molecule has 0 saturated heterocycles. The quantitative estimate of drug-likeness (QED) is 0.481. The second-order valence-electron chi connectivity index (χ2n) is 5.86. The molecule has 7 nitrogen and oxygen atoms in total. The van der Waals surface area contributed by atoms with E-state index in [1.807, 2.05) is 0 Å². The van der Waals surface area contributed by atoms with Gasteiger partial charge in [-0.3, -0.25) is 10.1 Å². The van der Waals surface area contributed by atoms with Crippen LogP contribution in [0.2, 0.25) is 0 Å². The minimum atomic E-state index is -1.01. The second-order valence-corrected chi connectivity index (χ2v) is 7.10. The van der Waals surface area contributed by atoms with Crippen molar-refractivity contribution in [3.63, 3.8) is 0 Å². The number of imide groups is 1. The van der Waals surface area contributed by atoms with Gasteiger partial charge in [-0.25, -0.2) is 4.79 Å². The van der Waals surface area contributed by atoms with Crippen molar-refractivity contribution in [3.05, 3.63) is 63.2 Å². The molecule has 2 aromatic rings. The number of halogens is 1. The van der Waals surface area contributed by atoms with E-state index in [0.717, 1.165) is 3.57 Å². The lowest BCUT2D eigenvalue weighted by atomic mass is 10.0. The van der Waals surface area contributed by atoms with Crippen LogP contribution in [0.3, 0.4) is 0 Å². The Kier molecular flexibility index (Phi) is 8.68. The van der Waals surface area contributed by atoms with E-state index in [1.54, 1.807) is 49.4 Å². The number of amides is 2. The van der Waals surface area contributed by atoms with Crippen LogP contribution in [0.5, 0.6) is 5.75 Å². The number of alkyl carbamates (subject to hydrolysis) is 1. The Morgan fingerprint density at radius 1 is 1.18 bits per heavy atom. The summed E-state index contributed by atoms with van der Waals surface area (Å²) < 4.78 is 11.9. The van der Waals surface area contributed by atoms with E-state index < -0.39 is 24.2 Å². The van der Waals surface area contributed by atoms with E-state index in [0.29, 0.717) is 17.7 Å². The van der Waals surface area contributed by atoms with Crippen LogP contribution >= 0.6 is 22.6 Å². The first-order valence-electron chi connectivity index (χ1n) is 8.74. The summed E-state index contributed by atoms with van der Waals surface area (Å²) in [7, 11) is 0. The van der Waals surface area contributed by atoms with Gasteiger partial charge in [0.05, 0.1) is 0 Å². The van der Waals surface area contributed by atoms with Gasteiger partial charge < -0.3 is 19.7 Å². The van der Waals surface area contributed by atoms with Crippen molar-refractivity contribution in [2.24, 2.45) is 0 Å². The van der Waals surface area contributed by atoms with Crippen LogP contribution in [0.1, 0.15) is 35.4 Å². The van der Waals surface area contributed by atoms with Gasteiger partial charge >= 0.3 is 6.09 Å². The van der Waals surface area contributed by atoms with Crippen molar-refractivity contribution in [1.29, 1.82) is 0 Å². The van der Waals surface area contributed by atoms with E-state index in [9.17, 15) is 19.8 Å². The topological polar surface area (TPSA) is 105 Å². The Hall–Kier alpha value is -2.17. The van der Waals surface area contributed by atoms with Gasteiger partial charge in [-0.2, -0.15) is 0 Å². The predicted molar refractivity (Wildman–Crippen MR) is 111 cm³/mol. The van der Waals surface area contributed by atoms with E-state index in [4.69, 9.17) is 9.47 Å². The summed E-state index contributed by atoms with van der Waals surface area (Å²) in [5, 5.41) is 21.8. The summed E-state index contributed by atoms with van der Waals surface area (Å²) in [4.78, 5) is 24.5. The number of aliphatic hydroxyl groups excluding tert-OH is 1. The third kappa shape index (κ3) is 6.18. The Bertz CT molecular complexity index is 793. The predicted octanol–water partition coefficient (Wildman–Crippen LogP) is 3.39. The lowest BCUT2D eigenvalue weighted by Gasteiger charge is -2.27. The van der Waals surface area contributed by atoms with Crippen LogP contribution in [0.15, 0.2) is 48.5 Å². The summed E-state index contributed by atoms with van der Waals surface area (Å²) in [5.41, 5.74) is 0.644. The number of benzene rings is 2. The second kappa shape index (κ2) is 11.0. The Morgan fingerprint density at radius 3 is 2.54 bits per heavy atom. The summed E-state index contributed by atoms with van der Waals surface area (Å²) in [6, 6.07) is 13.1. The maximum Gasteiger partial charge on any atom is 0.414 e. The Labute approximate surface area is 176 Å². The zero-order chi connectivity index (χ0) is 20.5. The van der Waals surface area contributed by atoms with Gasteiger partial charge in [0.1, 0.15) is 11.9 Å². The van der Waals surface area contributed by atoms with E-state index in [1.165, 1.54) is 6.07 Å². The van der Waals surface area contributed by atoms with Crippen LogP contribution < -0.4 is 5.32 Å². The van der Waals surface area contributed by atoms with Crippen molar-refractivity contribution in [1.82, 2.24) is 5.32 Å². The van der Waals surface area contributed by atoms with E-state index >= 15 is 0 Å². The van der Waals surface area contributed by atoms with Crippen molar-refractivity contribution in [2.75, 3.05) is 13.2 Å². The van der Waals surface area contributed by atoms with Crippen LogP contribution in [0.4, 0.5) is 4.79 Å². The molecule has 150 valence electrons. The molecule has 0 aliphatic rings. The van der Waals surface area contributed by atoms with Gasteiger partial charge in [-0.15, -0.1) is 0 Å². The smallest absolute Gasteiger partial charge is 0.414 e. The zero-order valence-corrected chi connectivity index (χ0v) is 17.5. The minimum absolute atomic E-state index is 0.0738. The number of carbonyl (C=O) groups is 2. The molecule has 0 spiro atoms. The highest BCUT2D eigenvalue weighted by atomic mass is 127. The molecule has 2 amide bonds. The number of ether oxygens (including phenoxy) is 2. The number of hydrogen-bond donors (Lipinski definition) is 3. The number of phenolic OH excluding ortho intramolecular Hbond substituents is 1. The first-order chi connectivity index (χ1) is 13.5. The summed E-state index contributed by atoms with van der Waals surface area (Å²) >= 11 is 2.07. The highest BCUT2D eigenvalue weighted by Gasteiger charge is 2.30. The van der Waals surface area contributed by atoms with Gasteiger partial charge in [-0.1, -0.05) is 18.2 Å². The van der Waals surface area contributed by atoms with Crippen molar-refractivity contribution in [3.8, 4) is 5.75 Å². The maximum atomic E-state index is 12.4. The number of hydrogen-bond acceptors (Lipinski definition) is 6. The summed E-state index contributed by atoms with van der Waals surface area (Å²) in [6.45, 7) is 1.90. The number of aliphatic hydroxyl groups is 1. The molecule has 0 aliphatic heterocycles. The first-order valence-corrected chi connectivity index (χ1v) is 9.82. The number of nitrogens with one attached hydrogen (secondary N) is 1. The van der Waals surface area contributed by atoms with Crippen molar-refractivity contribution in [2.45, 2.75) is 25.6 Å². The fraction of sp³-hybridized carbons (Fsp3) is 0.300. The van der Waals surface area contributed by atoms with E-state index in [-0.39, 0.29) is 18.8 Å². The van der Waals surface area contributed by atoms with Gasteiger partial charge in [0, 0.05) is 34.3 Å². The molecule has 0 fully saturated rings. The summed E-state index contributed by atoms with van der Waals surface area (Å²) in [5.74, 6) is -0.679. The molecule has 0 aromatic heterocycles. The van der Waals surface area contributed by atoms with Gasteiger partial charge in [0.2, 0.25) is 0 Å². The normalized spacial score (nSPS) is 12.8.